The average molecular weight is 398 g/mol. The molecule has 0 radical (unpaired) electrons. The van der Waals surface area contributed by atoms with E-state index in [2.05, 4.69) is 0 Å². The molecule has 156 valence electrons. The van der Waals surface area contributed by atoms with E-state index in [1.807, 2.05) is 0 Å². The number of hydrogen-bond donors (Lipinski definition) is 6. The van der Waals surface area contributed by atoms with Gasteiger partial charge in [0.2, 0.25) is 0 Å². The van der Waals surface area contributed by atoms with Crippen molar-refractivity contribution in [3.8, 4) is 0 Å². The number of carbonyl (C=O) groups is 2. The van der Waals surface area contributed by atoms with E-state index in [0.29, 0.717) is 0 Å². The largest absolute Gasteiger partial charge is 0.479 e. The highest BCUT2D eigenvalue weighted by Crippen LogP contribution is 2.30. The lowest BCUT2D eigenvalue weighted by molar-refractivity contribution is -0.349. The predicted molar refractivity (Wildman–Crippen MR) is 79.3 cm³/mol. The molecule has 2 aliphatic rings. The van der Waals surface area contributed by atoms with Crippen molar-refractivity contribution >= 4 is 11.9 Å². The molecular formula is C14H22O13. The minimum atomic E-state index is -1.86. The molecule has 0 aromatic rings. The Morgan fingerprint density at radius 3 is 1.63 bits per heavy atom. The first-order chi connectivity index (χ1) is 12.6. The molecule has 0 spiro atoms. The maximum Gasteiger partial charge on any atom is 0.335 e. The number of rotatable bonds is 6. The van der Waals surface area contributed by atoms with Crippen LogP contribution in [0.2, 0.25) is 0 Å². The van der Waals surface area contributed by atoms with Crippen molar-refractivity contribution in [1.29, 1.82) is 0 Å². The zero-order chi connectivity index (χ0) is 20.5. The number of carboxylic acid groups (broad SMARTS) is 2. The van der Waals surface area contributed by atoms with Gasteiger partial charge in [-0.25, -0.2) is 9.59 Å². The van der Waals surface area contributed by atoms with Crippen LogP contribution < -0.4 is 0 Å². The van der Waals surface area contributed by atoms with Gasteiger partial charge in [0, 0.05) is 14.2 Å². The summed E-state index contributed by atoms with van der Waals surface area (Å²) in [4.78, 5) is 22.7. The molecule has 27 heavy (non-hydrogen) atoms. The second-order valence-electron chi connectivity index (χ2n) is 6.03. The summed E-state index contributed by atoms with van der Waals surface area (Å²) in [7, 11) is 2.22. The van der Waals surface area contributed by atoms with Gasteiger partial charge in [0.15, 0.2) is 24.8 Å². The van der Waals surface area contributed by atoms with Gasteiger partial charge in [-0.3, -0.25) is 0 Å². The van der Waals surface area contributed by atoms with E-state index >= 15 is 0 Å². The summed E-state index contributed by atoms with van der Waals surface area (Å²) in [6.07, 6.45) is -17.3. The SMILES string of the molecule is CO[C@@H]1C(C(=O)O)O[C@@H](O[C@@H]2C(C(=O)O)O[C@@H](OC)[C@H](O)C2O)[C@H](O)C1O. The normalized spacial score (nSPS) is 45.4. The Labute approximate surface area is 152 Å². The van der Waals surface area contributed by atoms with E-state index < -0.39 is 73.4 Å². The molecule has 0 amide bonds. The third-order valence-electron chi connectivity index (χ3n) is 4.37. The Bertz CT molecular complexity index is 541. The molecule has 2 saturated heterocycles. The summed E-state index contributed by atoms with van der Waals surface area (Å²) in [5.74, 6) is -3.11. The Kier molecular flexibility index (Phi) is 7.07. The Balaban J connectivity index is 2.24. The van der Waals surface area contributed by atoms with Crippen LogP contribution in [0.4, 0.5) is 0 Å². The Morgan fingerprint density at radius 1 is 0.704 bits per heavy atom. The van der Waals surface area contributed by atoms with Crippen molar-refractivity contribution < 1.29 is 63.9 Å². The van der Waals surface area contributed by atoms with Crippen LogP contribution in [0, 0.1) is 0 Å². The molecule has 4 unspecified atom stereocenters. The van der Waals surface area contributed by atoms with Gasteiger partial charge >= 0.3 is 11.9 Å². The average Bonchev–Trinajstić information content (AvgIpc) is 2.62. The van der Waals surface area contributed by atoms with Crippen LogP contribution in [-0.4, -0.2) is 118 Å². The van der Waals surface area contributed by atoms with Crippen LogP contribution in [0.1, 0.15) is 0 Å². The molecule has 6 N–H and O–H groups in total. The molecular weight excluding hydrogens is 376 g/mol. The number of methoxy groups -OCH3 is 2. The quantitative estimate of drug-likeness (QED) is 0.254. The zero-order valence-electron chi connectivity index (χ0n) is 14.3. The van der Waals surface area contributed by atoms with Crippen LogP contribution >= 0.6 is 0 Å². The highest BCUT2D eigenvalue weighted by atomic mass is 16.7. The Morgan fingerprint density at radius 2 is 1.15 bits per heavy atom. The zero-order valence-corrected chi connectivity index (χ0v) is 14.3. The number of aliphatic hydroxyl groups excluding tert-OH is 4. The van der Waals surface area contributed by atoms with Crippen molar-refractivity contribution in [1.82, 2.24) is 0 Å². The molecule has 0 aromatic heterocycles. The highest BCUT2D eigenvalue weighted by Gasteiger charge is 2.54. The van der Waals surface area contributed by atoms with Crippen molar-refractivity contribution in [2.45, 2.75) is 61.4 Å². The second-order valence-corrected chi connectivity index (χ2v) is 6.03. The summed E-state index contributed by atoms with van der Waals surface area (Å²) in [6, 6.07) is 0. The van der Waals surface area contributed by atoms with Crippen molar-refractivity contribution in [2.24, 2.45) is 0 Å². The number of hydrogen-bond acceptors (Lipinski definition) is 11. The van der Waals surface area contributed by atoms with E-state index in [9.17, 15) is 40.2 Å². The fourth-order valence-electron chi connectivity index (χ4n) is 2.95. The van der Waals surface area contributed by atoms with Crippen LogP contribution in [0.3, 0.4) is 0 Å². The summed E-state index contributed by atoms with van der Waals surface area (Å²) >= 11 is 0. The maximum absolute atomic E-state index is 11.4. The Hall–Kier alpha value is -1.42. The van der Waals surface area contributed by atoms with E-state index in [-0.39, 0.29) is 0 Å². The maximum atomic E-state index is 11.4. The van der Waals surface area contributed by atoms with E-state index in [0.717, 1.165) is 14.2 Å². The molecule has 2 fully saturated rings. The first-order valence-corrected chi connectivity index (χ1v) is 7.83. The molecule has 13 nitrogen and oxygen atoms in total. The molecule has 10 atom stereocenters. The highest BCUT2D eigenvalue weighted by molar-refractivity contribution is 5.74. The number of aliphatic hydroxyl groups is 4. The lowest BCUT2D eigenvalue weighted by atomic mass is 9.96. The molecule has 0 saturated carbocycles. The summed E-state index contributed by atoms with van der Waals surface area (Å²) < 4.78 is 24.9. The lowest BCUT2D eigenvalue weighted by Gasteiger charge is -2.45. The first-order valence-electron chi connectivity index (χ1n) is 7.83. The smallest absolute Gasteiger partial charge is 0.335 e. The van der Waals surface area contributed by atoms with E-state index in [4.69, 9.17) is 23.7 Å². The minimum Gasteiger partial charge on any atom is -0.479 e. The monoisotopic (exact) mass is 398 g/mol. The van der Waals surface area contributed by atoms with E-state index in [1.165, 1.54) is 0 Å². The first kappa shape index (κ1) is 21.9. The standard InChI is InChI=1S/C14H22O13/c1-23-7-3(15)6(18)14(27-9(7)11(19)20)25-8-4(16)5(17)13(24-2)26-10(8)12(21)22/h3-10,13-18H,1-2H3,(H,19,20)(H,21,22)/t3?,4?,5-,6-,7+,8+,9?,10?,13-,14-/m1/s1. The van der Waals surface area contributed by atoms with Gasteiger partial charge in [0.1, 0.15) is 36.6 Å². The molecule has 0 aliphatic carbocycles. The van der Waals surface area contributed by atoms with Gasteiger partial charge in [-0.2, -0.15) is 0 Å². The third kappa shape index (κ3) is 4.21. The van der Waals surface area contributed by atoms with Crippen LogP contribution in [-0.2, 0) is 33.3 Å². The van der Waals surface area contributed by atoms with Gasteiger partial charge < -0.3 is 54.3 Å². The summed E-state index contributed by atoms with van der Waals surface area (Å²) in [5, 5.41) is 58.7. The van der Waals surface area contributed by atoms with Gasteiger partial charge in [0.25, 0.3) is 0 Å². The molecule has 2 aliphatic heterocycles. The van der Waals surface area contributed by atoms with Crippen LogP contribution in [0.5, 0.6) is 0 Å². The molecule has 2 rings (SSSR count). The number of aliphatic carboxylic acids is 2. The number of carboxylic acids is 2. The van der Waals surface area contributed by atoms with Crippen molar-refractivity contribution in [3.05, 3.63) is 0 Å². The van der Waals surface area contributed by atoms with Crippen molar-refractivity contribution in [3.63, 3.8) is 0 Å². The minimum absolute atomic E-state index is 1.10. The van der Waals surface area contributed by atoms with Gasteiger partial charge in [-0.1, -0.05) is 0 Å². The fourth-order valence-corrected chi connectivity index (χ4v) is 2.95. The molecule has 0 aromatic carbocycles. The fraction of sp³-hybridized carbons (Fsp3) is 0.857. The van der Waals surface area contributed by atoms with Gasteiger partial charge in [-0.15, -0.1) is 0 Å². The molecule has 0 bridgehead atoms. The summed E-state index contributed by atoms with van der Waals surface area (Å²) in [5.41, 5.74) is 0. The molecule has 13 heteroatoms. The number of ether oxygens (including phenoxy) is 5. The topological polar surface area (TPSA) is 202 Å². The van der Waals surface area contributed by atoms with Crippen LogP contribution in [0.15, 0.2) is 0 Å². The second kappa shape index (κ2) is 8.72. The van der Waals surface area contributed by atoms with Gasteiger partial charge in [-0.05, 0) is 0 Å². The van der Waals surface area contributed by atoms with Gasteiger partial charge in [0.05, 0.1) is 0 Å². The van der Waals surface area contributed by atoms with Crippen molar-refractivity contribution in [2.75, 3.05) is 14.2 Å². The predicted octanol–water partition coefficient (Wildman–Crippen LogP) is -3.90. The third-order valence-corrected chi connectivity index (χ3v) is 4.37. The van der Waals surface area contributed by atoms with Crippen LogP contribution in [0.25, 0.3) is 0 Å². The van der Waals surface area contributed by atoms with E-state index in [1.54, 1.807) is 0 Å². The molecule has 2 heterocycles. The lowest BCUT2D eigenvalue weighted by Crippen LogP contribution is -2.65. The summed E-state index contributed by atoms with van der Waals surface area (Å²) in [6.45, 7) is 0.